The molecule has 1 atom stereocenters. The summed E-state index contributed by atoms with van der Waals surface area (Å²) in [6.45, 7) is 4.08. The highest BCUT2D eigenvalue weighted by Gasteiger charge is 2.49. The molecule has 0 N–H and O–H groups in total. The highest BCUT2D eigenvalue weighted by atomic mass is 32.1. The van der Waals surface area contributed by atoms with Gasteiger partial charge in [-0.2, -0.15) is 0 Å². The number of likely N-dealkylation sites (tertiary alicyclic amines) is 1. The lowest BCUT2D eigenvalue weighted by Crippen LogP contribution is -2.34. The Balaban J connectivity index is 1.50. The molecule has 2 aromatic heterocycles. The molecule has 5 nitrogen and oxygen atoms in total. The van der Waals surface area contributed by atoms with Gasteiger partial charge in [0.05, 0.1) is 5.00 Å². The second kappa shape index (κ2) is 5.70. The van der Waals surface area contributed by atoms with Gasteiger partial charge in [0.15, 0.2) is 0 Å². The number of amides is 2. The number of hydrogen-bond acceptors (Lipinski definition) is 4. The van der Waals surface area contributed by atoms with Gasteiger partial charge in [-0.05, 0) is 37.6 Å². The third kappa shape index (κ3) is 2.60. The maximum Gasteiger partial charge on any atom is 0.272 e. The number of pyridine rings is 1. The van der Waals surface area contributed by atoms with Crippen molar-refractivity contribution in [3.8, 4) is 0 Å². The fourth-order valence-electron chi connectivity index (χ4n) is 3.70. The van der Waals surface area contributed by atoms with Crippen molar-refractivity contribution in [2.24, 2.45) is 5.41 Å². The molecule has 2 aromatic rings. The number of hydrogen-bond donors (Lipinski definition) is 0. The van der Waals surface area contributed by atoms with Gasteiger partial charge < -0.3 is 9.80 Å². The molecule has 2 amide bonds. The van der Waals surface area contributed by atoms with Crippen molar-refractivity contribution in [1.29, 1.82) is 0 Å². The number of anilines is 1. The number of aromatic nitrogens is 1. The molecule has 4 rings (SSSR count). The number of nitrogens with zero attached hydrogens (tertiary/aromatic N) is 3. The van der Waals surface area contributed by atoms with Crippen molar-refractivity contribution in [1.82, 2.24) is 9.88 Å². The van der Waals surface area contributed by atoms with Crippen LogP contribution in [0.3, 0.4) is 0 Å². The van der Waals surface area contributed by atoms with Crippen LogP contribution >= 0.6 is 11.3 Å². The second-order valence-electron chi connectivity index (χ2n) is 6.73. The Morgan fingerprint density at radius 2 is 2.12 bits per heavy atom. The minimum Gasteiger partial charge on any atom is -0.337 e. The highest BCUT2D eigenvalue weighted by Crippen LogP contribution is 2.43. The van der Waals surface area contributed by atoms with Gasteiger partial charge in [0.2, 0.25) is 5.91 Å². The molecule has 4 heterocycles. The Kier molecular flexibility index (Phi) is 3.64. The average molecular weight is 341 g/mol. The smallest absolute Gasteiger partial charge is 0.272 e. The first kappa shape index (κ1) is 15.3. The lowest BCUT2D eigenvalue weighted by Gasteiger charge is -2.23. The summed E-state index contributed by atoms with van der Waals surface area (Å²) in [4.78, 5) is 34.2. The Hall–Kier alpha value is -2.21. The van der Waals surface area contributed by atoms with Crippen molar-refractivity contribution in [3.63, 3.8) is 0 Å². The van der Waals surface area contributed by atoms with E-state index >= 15 is 0 Å². The first-order valence-electron chi connectivity index (χ1n) is 8.13. The second-order valence-corrected chi connectivity index (χ2v) is 8.00. The van der Waals surface area contributed by atoms with E-state index in [1.165, 1.54) is 4.88 Å². The summed E-state index contributed by atoms with van der Waals surface area (Å²) in [5.41, 5.74) is 0.365. The Morgan fingerprint density at radius 1 is 1.25 bits per heavy atom. The van der Waals surface area contributed by atoms with E-state index in [9.17, 15) is 9.59 Å². The van der Waals surface area contributed by atoms with E-state index in [2.05, 4.69) is 4.98 Å². The molecule has 0 unspecified atom stereocenters. The molecule has 0 radical (unpaired) electrons. The molecule has 2 aliphatic heterocycles. The Bertz CT molecular complexity index is 789. The fraction of sp³-hybridized carbons (Fsp3) is 0.389. The summed E-state index contributed by atoms with van der Waals surface area (Å²) in [5.74, 6) is 0.134. The molecule has 2 saturated heterocycles. The van der Waals surface area contributed by atoms with Gasteiger partial charge in [-0.15, -0.1) is 11.3 Å². The lowest BCUT2D eigenvalue weighted by atomic mass is 9.86. The number of carbonyl (C=O) groups is 2. The topological polar surface area (TPSA) is 53.5 Å². The Labute approximate surface area is 144 Å². The molecule has 1 spiro atoms. The van der Waals surface area contributed by atoms with Gasteiger partial charge in [-0.3, -0.25) is 14.6 Å². The fourth-order valence-corrected chi connectivity index (χ4v) is 4.57. The monoisotopic (exact) mass is 341 g/mol. The molecule has 124 valence electrons. The third-order valence-electron chi connectivity index (χ3n) is 4.92. The van der Waals surface area contributed by atoms with E-state index < -0.39 is 0 Å². The average Bonchev–Trinajstić information content (AvgIpc) is 3.27. The summed E-state index contributed by atoms with van der Waals surface area (Å²) in [6.07, 6.45) is 3.03. The van der Waals surface area contributed by atoms with Crippen molar-refractivity contribution in [2.75, 3.05) is 24.5 Å². The molecule has 0 aromatic carbocycles. The zero-order valence-corrected chi connectivity index (χ0v) is 14.4. The minimum atomic E-state index is -0.112. The van der Waals surface area contributed by atoms with Gasteiger partial charge in [0.25, 0.3) is 5.91 Å². The van der Waals surface area contributed by atoms with Crippen molar-refractivity contribution in [3.05, 3.63) is 47.1 Å². The van der Waals surface area contributed by atoms with Crippen LogP contribution in [0, 0.1) is 12.3 Å². The molecule has 0 bridgehead atoms. The molecule has 24 heavy (non-hydrogen) atoms. The van der Waals surface area contributed by atoms with Crippen molar-refractivity contribution >= 4 is 28.2 Å². The molecular formula is C18H19N3O2S. The number of aryl methyl sites for hydroxylation is 1. The lowest BCUT2D eigenvalue weighted by molar-refractivity contribution is -0.117. The predicted octanol–water partition coefficient (Wildman–Crippen LogP) is 2.72. The molecular weight excluding hydrogens is 322 g/mol. The Morgan fingerprint density at radius 3 is 2.83 bits per heavy atom. The summed E-state index contributed by atoms with van der Waals surface area (Å²) in [6, 6.07) is 9.44. The number of carbonyl (C=O) groups excluding carboxylic acids is 2. The van der Waals surface area contributed by atoms with Crippen LogP contribution in [0.5, 0.6) is 0 Å². The van der Waals surface area contributed by atoms with Crippen molar-refractivity contribution < 1.29 is 9.59 Å². The summed E-state index contributed by atoms with van der Waals surface area (Å²) in [7, 11) is 0. The van der Waals surface area contributed by atoms with Gasteiger partial charge in [0, 0.05) is 42.5 Å². The van der Waals surface area contributed by atoms with Crippen LogP contribution < -0.4 is 4.90 Å². The van der Waals surface area contributed by atoms with E-state index in [0.29, 0.717) is 31.7 Å². The minimum absolute atomic E-state index is 0.0367. The van der Waals surface area contributed by atoms with Crippen LogP contribution in [-0.4, -0.2) is 41.3 Å². The zero-order valence-electron chi connectivity index (χ0n) is 13.6. The van der Waals surface area contributed by atoms with E-state index in [4.69, 9.17) is 0 Å². The number of rotatable bonds is 2. The standard InChI is InChI=1S/C18H19N3O2S/c1-13-5-6-16(24-13)21-12-18(10-15(21)22)7-9-20(11-18)17(23)14-4-2-3-8-19-14/h2-6,8H,7,9-12H2,1H3/t18-/m1/s1. The van der Waals surface area contributed by atoms with Gasteiger partial charge in [0.1, 0.15) is 5.69 Å². The van der Waals surface area contributed by atoms with Gasteiger partial charge in [-0.25, -0.2) is 0 Å². The summed E-state index contributed by atoms with van der Waals surface area (Å²) < 4.78 is 0. The molecule has 0 aliphatic carbocycles. The van der Waals surface area contributed by atoms with Gasteiger partial charge in [-0.1, -0.05) is 6.07 Å². The zero-order chi connectivity index (χ0) is 16.7. The van der Waals surface area contributed by atoms with Crippen LogP contribution in [0.4, 0.5) is 5.00 Å². The SMILES string of the molecule is Cc1ccc(N2C[C@]3(CCN(C(=O)c4ccccn4)C3)CC2=O)s1. The van der Waals surface area contributed by atoms with E-state index in [-0.39, 0.29) is 17.2 Å². The normalized spacial score (nSPS) is 23.5. The third-order valence-corrected chi connectivity index (χ3v) is 5.95. The van der Waals surface area contributed by atoms with Crippen LogP contribution in [-0.2, 0) is 4.79 Å². The maximum absolute atomic E-state index is 12.6. The molecule has 2 fully saturated rings. The quantitative estimate of drug-likeness (QED) is 0.844. The number of thiophene rings is 1. The van der Waals surface area contributed by atoms with Gasteiger partial charge >= 0.3 is 0 Å². The molecule has 0 saturated carbocycles. The summed E-state index contributed by atoms with van der Waals surface area (Å²) >= 11 is 1.65. The van der Waals surface area contributed by atoms with E-state index in [0.717, 1.165) is 11.4 Å². The predicted molar refractivity (Wildman–Crippen MR) is 93.2 cm³/mol. The summed E-state index contributed by atoms with van der Waals surface area (Å²) in [5, 5.41) is 1.02. The first-order valence-corrected chi connectivity index (χ1v) is 8.95. The van der Waals surface area contributed by atoms with Crippen LogP contribution in [0.2, 0.25) is 0 Å². The van der Waals surface area contributed by atoms with E-state index in [1.807, 2.05) is 34.9 Å². The van der Waals surface area contributed by atoms with Crippen molar-refractivity contribution in [2.45, 2.75) is 19.8 Å². The largest absolute Gasteiger partial charge is 0.337 e. The molecule has 6 heteroatoms. The van der Waals surface area contributed by atoms with Crippen LogP contribution in [0.1, 0.15) is 28.2 Å². The van der Waals surface area contributed by atoms with Crippen LogP contribution in [0.15, 0.2) is 36.5 Å². The first-order chi connectivity index (χ1) is 11.6. The maximum atomic E-state index is 12.6. The van der Waals surface area contributed by atoms with E-state index in [1.54, 1.807) is 29.7 Å². The molecule has 2 aliphatic rings. The van der Waals surface area contributed by atoms with Crippen LogP contribution in [0.25, 0.3) is 0 Å². The highest BCUT2D eigenvalue weighted by molar-refractivity contribution is 7.16.